The van der Waals surface area contributed by atoms with Gasteiger partial charge in [0.2, 0.25) is 0 Å². The highest BCUT2D eigenvalue weighted by molar-refractivity contribution is 9.10. The van der Waals surface area contributed by atoms with Crippen LogP contribution >= 0.6 is 15.9 Å². The van der Waals surface area contributed by atoms with Crippen LogP contribution in [-0.2, 0) is 4.74 Å². The van der Waals surface area contributed by atoms with Gasteiger partial charge in [-0.25, -0.2) is 4.79 Å². The minimum Gasteiger partial charge on any atom is -0.496 e. The van der Waals surface area contributed by atoms with Crippen molar-refractivity contribution in [1.29, 1.82) is 0 Å². The topological polar surface area (TPSA) is 74.5 Å². The zero-order valence-corrected chi connectivity index (χ0v) is 11.9. The standard InChI is InChI=1S/C12H11BrN2O4/c1-3-18-12(16)10-14-11(19-15-10)8-5-4-7(13)6-9(8)17-2/h4-6H,3H2,1-2H3. The number of carbonyl (C=O) groups excluding carboxylic acids is 1. The first-order valence-corrected chi connectivity index (χ1v) is 6.29. The Balaban J connectivity index is 2.35. The van der Waals surface area contributed by atoms with Gasteiger partial charge >= 0.3 is 5.97 Å². The van der Waals surface area contributed by atoms with Crippen molar-refractivity contribution in [3.05, 3.63) is 28.5 Å². The molecule has 19 heavy (non-hydrogen) atoms. The molecule has 0 saturated carbocycles. The van der Waals surface area contributed by atoms with Crippen molar-refractivity contribution in [3.63, 3.8) is 0 Å². The monoisotopic (exact) mass is 326 g/mol. The molecule has 0 atom stereocenters. The molecular formula is C12H11BrN2O4. The molecule has 0 saturated heterocycles. The molecule has 1 aromatic heterocycles. The van der Waals surface area contributed by atoms with Crippen LogP contribution in [0.5, 0.6) is 5.75 Å². The fourth-order valence-corrected chi connectivity index (χ4v) is 1.79. The summed E-state index contributed by atoms with van der Waals surface area (Å²) in [6.07, 6.45) is 0. The molecule has 0 bridgehead atoms. The van der Waals surface area contributed by atoms with Gasteiger partial charge in [0.05, 0.1) is 19.3 Å². The molecule has 1 heterocycles. The number of nitrogens with zero attached hydrogens (tertiary/aromatic N) is 2. The van der Waals surface area contributed by atoms with Gasteiger partial charge in [-0.05, 0) is 30.3 Å². The van der Waals surface area contributed by atoms with Crippen molar-refractivity contribution < 1.29 is 18.8 Å². The number of rotatable bonds is 4. The summed E-state index contributed by atoms with van der Waals surface area (Å²) in [5, 5.41) is 3.58. The minimum absolute atomic E-state index is 0.109. The Labute approximate surface area is 117 Å². The molecule has 6 nitrogen and oxygen atoms in total. The van der Waals surface area contributed by atoms with Gasteiger partial charge in [-0.15, -0.1) is 0 Å². The molecule has 0 spiro atoms. The summed E-state index contributed by atoms with van der Waals surface area (Å²) < 4.78 is 15.9. The van der Waals surface area contributed by atoms with E-state index in [0.717, 1.165) is 4.47 Å². The molecule has 0 unspecified atom stereocenters. The number of ether oxygens (including phenoxy) is 2. The summed E-state index contributed by atoms with van der Waals surface area (Å²) in [6, 6.07) is 5.33. The van der Waals surface area contributed by atoms with E-state index in [0.29, 0.717) is 11.3 Å². The van der Waals surface area contributed by atoms with Crippen LogP contribution in [0.1, 0.15) is 17.5 Å². The fraction of sp³-hybridized carbons (Fsp3) is 0.250. The van der Waals surface area contributed by atoms with Crippen molar-refractivity contribution in [1.82, 2.24) is 10.1 Å². The maximum Gasteiger partial charge on any atom is 0.379 e. The maximum atomic E-state index is 11.5. The summed E-state index contributed by atoms with van der Waals surface area (Å²) in [6.45, 7) is 1.96. The molecule has 1 aromatic carbocycles. The Kier molecular flexibility index (Phi) is 4.16. The van der Waals surface area contributed by atoms with Crippen LogP contribution in [0.4, 0.5) is 0 Å². The Morgan fingerprint density at radius 2 is 2.26 bits per heavy atom. The summed E-state index contributed by atoms with van der Waals surface area (Å²) in [7, 11) is 1.54. The van der Waals surface area contributed by atoms with Gasteiger partial charge < -0.3 is 14.0 Å². The third kappa shape index (κ3) is 2.93. The zero-order chi connectivity index (χ0) is 13.8. The average molecular weight is 327 g/mol. The second kappa shape index (κ2) is 5.83. The zero-order valence-electron chi connectivity index (χ0n) is 10.3. The third-order valence-electron chi connectivity index (χ3n) is 2.28. The predicted molar refractivity (Wildman–Crippen MR) is 69.9 cm³/mol. The van der Waals surface area contributed by atoms with E-state index in [4.69, 9.17) is 14.0 Å². The number of benzene rings is 1. The molecule has 7 heteroatoms. The average Bonchev–Trinajstić information content (AvgIpc) is 2.88. The van der Waals surface area contributed by atoms with Crippen LogP contribution in [0.3, 0.4) is 0 Å². The van der Waals surface area contributed by atoms with Gasteiger partial charge in [-0.1, -0.05) is 15.9 Å². The molecule has 0 N–H and O–H groups in total. The molecule has 0 fully saturated rings. The van der Waals surface area contributed by atoms with Crippen LogP contribution in [0.25, 0.3) is 11.5 Å². The second-order valence-electron chi connectivity index (χ2n) is 3.49. The number of esters is 1. The minimum atomic E-state index is -0.617. The van der Waals surface area contributed by atoms with Gasteiger partial charge in [0.25, 0.3) is 11.7 Å². The summed E-state index contributed by atoms with van der Waals surface area (Å²) >= 11 is 3.34. The van der Waals surface area contributed by atoms with E-state index in [1.807, 2.05) is 6.07 Å². The van der Waals surface area contributed by atoms with E-state index >= 15 is 0 Å². The van der Waals surface area contributed by atoms with Crippen molar-refractivity contribution in [2.24, 2.45) is 0 Å². The second-order valence-corrected chi connectivity index (χ2v) is 4.40. The quantitative estimate of drug-likeness (QED) is 0.804. The largest absolute Gasteiger partial charge is 0.496 e. The van der Waals surface area contributed by atoms with E-state index in [9.17, 15) is 4.79 Å². The first-order chi connectivity index (χ1) is 9.15. The Morgan fingerprint density at radius 3 is 2.95 bits per heavy atom. The lowest BCUT2D eigenvalue weighted by molar-refractivity contribution is 0.0508. The number of methoxy groups -OCH3 is 1. The van der Waals surface area contributed by atoms with Gasteiger partial charge in [0.1, 0.15) is 5.75 Å². The van der Waals surface area contributed by atoms with Crippen molar-refractivity contribution in [2.45, 2.75) is 6.92 Å². The highest BCUT2D eigenvalue weighted by Gasteiger charge is 2.19. The highest BCUT2D eigenvalue weighted by Crippen LogP contribution is 2.31. The van der Waals surface area contributed by atoms with E-state index in [1.165, 1.54) is 7.11 Å². The molecule has 100 valence electrons. The van der Waals surface area contributed by atoms with E-state index in [-0.39, 0.29) is 18.3 Å². The lowest BCUT2D eigenvalue weighted by Crippen LogP contribution is -2.06. The molecule has 2 aromatic rings. The first-order valence-electron chi connectivity index (χ1n) is 5.50. The Morgan fingerprint density at radius 1 is 1.47 bits per heavy atom. The predicted octanol–water partition coefficient (Wildman–Crippen LogP) is 2.68. The SMILES string of the molecule is CCOC(=O)c1noc(-c2ccc(Br)cc2OC)n1. The van der Waals surface area contributed by atoms with Crippen LogP contribution < -0.4 is 4.74 Å². The Bertz CT molecular complexity index is 597. The van der Waals surface area contributed by atoms with Crippen molar-refractivity contribution >= 4 is 21.9 Å². The lowest BCUT2D eigenvalue weighted by atomic mass is 10.2. The van der Waals surface area contributed by atoms with Gasteiger partial charge in [0, 0.05) is 4.47 Å². The number of hydrogen-bond acceptors (Lipinski definition) is 6. The van der Waals surface area contributed by atoms with Crippen LogP contribution in [0.2, 0.25) is 0 Å². The summed E-state index contributed by atoms with van der Waals surface area (Å²) in [5.41, 5.74) is 0.605. The molecule has 2 rings (SSSR count). The van der Waals surface area contributed by atoms with Crippen LogP contribution in [0, 0.1) is 0 Å². The summed E-state index contributed by atoms with van der Waals surface area (Å²) in [4.78, 5) is 15.4. The molecule has 0 aliphatic carbocycles. The summed E-state index contributed by atoms with van der Waals surface area (Å²) in [5.74, 6) is 0.0382. The van der Waals surface area contributed by atoms with Gasteiger partial charge in [-0.2, -0.15) is 4.98 Å². The maximum absolute atomic E-state index is 11.5. The smallest absolute Gasteiger partial charge is 0.379 e. The lowest BCUT2D eigenvalue weighted by Gasteiger charge is -2.04. The normalized spacial score (nSPS) is 10.3. The number of halogens is 1. The number of aromatic nitrogens is 2. The fourth-order valence-electron chi connectivity index (χ4n) is 1.45. The van der Waals surface area contributed by atoms with Gasteiger partial charge in [-0.3, -0.25) is 0 Å². The van der Waals surface area contributed by atoms with Crippen molar-refractivity contribution in [2.75, 3.05) is 13.7 Å². The Hall–Kier alpha value is -1.89. The van der Waals surface area contributed by atoms with E-state index in [2.05, 4.69) is 26.1 Å². The first kappa shape index (κ1) is 13.5. The molecule has 0 amide bonds. The highest BCUT2D eigenvalue weighted by atomic mass is 79.9. The molecular weight excluding hydrogens is 316 g/mol. The third-order valence-corrected chi connectivity index (χ3v) is 2.77. The molecule has 0 radical (unpaired) electrons. The molecule has 0 aliphatic heterocycles. The van der Waals surface area contributed by atoms with Crippen LogP contribution in [0.15, 0.2) is 27.2 Å². The van der Waals surface area contributed by atoms with Crippen LogP contribution in [-0.4, -0.2) is 29.8 Å². The number of carbonyl (C=O) groups is 1. The van der Waals surface area contributed by atoms with E-state index < -0.39 is 5.97 Å². The van der Waals surface area contributed by atoms with Gasteiger partial charge in [0.15, 0.2) is 0 Å². The van der Waals surface area contributed by atoms with Crippen molar-refractivity contribution in [3.8, 4) is 17.2 Å². The van der Waals surface area contributed by atoms with E-state index in [1.54, 1.807) is 19.1 Å². The molecule has 0 aliphatic rings. The number of hydrogen-bond donors (Lipinski definition) is 0.